The minimum Gasteiger partial charge on any atom is -0.497 e. The number of hydrogen-bond acceptors (Lipinski definition) is 5. The van der Waals surface area contributed by atoms with Crippen LogP contribution in [0, 0.1) is 0 Å². The quantitative estimate of drug-likeness (QED) is 0.814. The Hall–Kier alpha value is -2.48. The number of carbonyl (C=O) groups excluding carboxylic acids is 2. The van der Waals surface area contributed by atoms with E-state index in [0.29, 0.717) is 5.16 Å². The maximum atomic E-state index is 11.6. The van der Waals surface area contributed by atoms with Gasteiger partial charge < -0.3 is 10.1 Å². The van der Waals surface area contributed by atoms with Gasteiger partial charge in [-0.15, -0.1) is 0 Å². The van der Waals surface area contributed by atoms with Crippen LogP contribution in [0.25, 0.3) is 5.69 Å². The minimum atomic E-state index is -0.524. The van der Waals surface area contributed by atoms with Gasteiger partial charge in [-0.2, -0.15) is 0 Å². The fraction of sp³-hybridized carbons (Fsp3) is 0.214. The molecule has 2 rings (SSSR count). The van der Waals surface area contributed by atoms with Crippen molar-refractivity contribution < 1.29 is 14.3 Å². The topological polar surface area (TPSA) is 85.3 Å². The SMILES string of the molecule is CNC(=O)NC(=O)CSc1nccn1-c1ccc(OC)cc1. The number of imide groups is 1. The Morgan fingerprint density at radius 2 is 2.05 bits per heavy atom. The smallest absolute Gasteiger partial charge is 0.321 e. The standard InChI is InChI=1S/C14H16N4O3S/c1-15-13(20)17-12(19)9-22-14-16-7-8-18(14)10-3-5-11(21-2)6-4-10/h3-8H,9H2,1-2H3,(H2,15,17,19,20). The molecule has 0 spiro atoms. The number of nitrogens with one attached hydrogen (secondary N) is 2. The molecule has 0 saturated carbocycles. The maximum absolute atomic E-state index is 11.6. The van der Waals surface area contributed by atoms with Crippen LogP contribution in [0.3, 0.4) is 0 Å². The first-order valence-electron chi connectivity index (χ1n) is 6.46. The zero-order valence-electron chi connectivity index (χ0n) is 12.2. The number of hydrogen-bond donors (Lipinski definition) is 2. The molecule has 0 atom stereocenters. The van der Waals surface area contributed by atoms with Gasteiger partial charge in [0.1, 0.15) is 5.75 Å². The van der Waals surface area contributed by atoms with E-state index in [-0.39, 0.29) is 11.7 Å². The molecule has 0 aliphatic rings. The Balaban J connectivity index is 2.03. The number of rotatable bonds is 5. The van der Waals surface area contributed by atoms with Crippen LogP contribution < -0.4 is 15.4 Å². The van der Waals surface area contributed by atoms with Crippen LogP contribution in [0.5, 0.6) is 5.75 Å². The van der Waals surface area contributed by atoms with Crippen molar-refractivity contribution in [3.63, 3.8) is 0 Å². The molecule has 2 N–H and O–H groups in total. The number of thioether (sulfide) groups is 1. The van der Waals surface area contributed by atoms with E-state index in [1.165, 1.54) is 18.8 Å². The molecule has 0 fully saturated rings. The molecule has 116 valence electrons. The molecule has 3 amide bonds. The summed E-state index contributed by atoms with van der Waals surface area (Å²) in [6, 6.07) is 6.97. The van der Waals surface area contributed by atoms with Gasteiger partial charge >= 0.3 is 6.03 Å². The molecule has 0 aliphatic carbocycles. The summed E-state index contributed by atoms with van der Waals surface area (Å²) in [6.07, 6.45) is 3.46. The molecule has 1 heterocycles. The molecule has 1 aromatic carbocycles. The van der Waals surface area contributed by atoms with E-state index in [1.54, 1.807) is 19.5 Å². The lowest BCUT2D eigenvalue weighted by molar-refractivity contribution is -0.117. The molecule has 7 nitrogen and oxygen atoms in total. The van der Waals surface area contributed by atoms with Crippen LogP contribution in [0.2, 0.25) is 0 Å². The summed E-state index contributed by atoms with van der Waals surface area (Å²) in [4.78, 5) is 26.9. The number of carbonyl (C=O) groups is 2. The van der Waals surface area contributed by atoms with Crippen LogP contribution in [0.1, 0.15) is 0 Å². The van der Waals surface area contributed by atoms with Crippen LogP contribution in [-0.4, -0.2) is 41.4 Å². The third kappa shape index (κ3) is 4.01. The van der Waals surface area contributed by atoms with Crippen molar-refractivity contribution in [3.8, 4) is 11.4 Å². The fourth-order valence-corrected chi connectivity index (χ4v) is 2.46. The second kappa shape index (κ2) is 7.51. The summed E-state index contributed by atoms with van der Waals surface area (Å²) in [5.41, 5.74) is 0.910. The lowest BCUT2D eigenvalue weighted by atomic mass is 10.3. The molecule has 8 heteroatoms. The Labute approximate surface area is 132 Å². The molecule has 0 bridgehead atoms. The predicted molar refractivity (Wildman–Crippen MR) is 83.4 cm³/mol. The number of amides is 3. The first-order chi connectivity index (χ1) is 10.6. The highest BCUT2D eigenvalue weighted by molar-refractivity contribution is 7.99. The number of nitrogens with zero attached hydrogens (tertiary/aromatic N) is 2. The van der Waals surface area contributed by atoms with Gasteiger partial charge in [-0.25, -0.2) is 9.78 Å². The Morgan fingerprint density at radius 1 is 1.32 bits per heavy atom. The van der Waals surface area contributed by atoms with Crippen LogP contribution >= 0.6 is 11.8 Å². The molecule has 1 aromatic heterocycles. The van der Waals surface area contributed by atoms with E-state index in [0.717, 1.165) is 11.4 Å². The van der Waals surface area contributed by atoms with E-state index in [4.69, 9.17) is 4.74 Å². The number of urea groups is 1. The summed E-state index contributed by atoms with van der Waals surface area (Å²) >= 11 is 1.25. The molecule has 0 aliphatic heterocycles. The van der Waals surface area contributed by atoms with Crippen molar-refractivity contribution in [3.05, 3.63) is 36.7 Å². The molecular formula is C14H16N4O3S. The molecule has 22 heavy (non-hydrogen) atoms. The van der Waals surface area contributed by atoms with E-state index >= 15 is 0 Å². The highest BCUT2D eigenvalue weighted by Gasteiger charge is 2.10. The van der Waals surface area contributed by atoms with Crippen molar-refractivity contribution in [1.82, 2.24) is 20.2 Å². The zero-order chi connectivity index (χ0) is 15.9. The van der Waals surface area contributed by atoms with Gasteiger partial charge in [0.2, 0.25) is 5.91 Å². The van der Waals surface area contributed by atoms with Crippen LogP contribution in [0.4, 0.5) is 4.79 Å². The van der Waals surface area contributed by atoms with Gasteiger partial charge in [0, 0.05) is 25.1 Å². The fourth-order valence-electron chi connectivity index (χ4n) is 1.69. The number of ether oxygens (including phenoxy) is 1. The lowest BCUT2D eigenvalue weighted by Gasteiger charge is -2.08. The number of methoxy groups -OCH3 is 1. The summed E-state index contributed by atoms with van der Waals surface area (Å²) in [5, 5.41) is 5.19. The van der Waals surface area contributed by atoms with Crippen molar-refractivity contribution in [2.45, 2.75) is 5.16 Å². The maximum Gasteiger partial charge on any atom is 0.321 e. The minimum absolute atomic E-state index is 0.0978. The highest BCUT2D eigenvalue weighted by atomic mass is 32.2. The zero-order valence-corrected chi connectivity index (χ0v) is 13.0. The van der Waals surface area contributed by atoms with E-state index < -0.39 is 6.03 Å². The van der Waals surface area contributed by atoms with E-state index in [9.17, 15) is 9.59 Å². The average molecular weight is 320 g/mol. The normalized spacial score (nSPS) is 10.1. The second-order valence-corrected chi connectivity index (χ2v) is 5.14. The predicted octanol–water partition coefficient (Wildman–Crippen LogP) is 1.43. The van der Waals surface area contributed by atoms with Crippen LogP contribution in [-0.2, 0) is 4.79 Å². The highest BCUT2D eigenvalue weighted by Crippen LogP contribution is 2.22. The second-order valence-electron chi connectivity index (χ2n) is 4.19. The molecule has 0 saturated heterocycles. The van der Waals surface area contributed by atoms with Crippen molar-refractivity contribution >= 4 is 23.7 Å². The summed E-state index contributed by atoms with van der Waals surface area (Å²) in [6.45, 7) is 0. The first kappa shape index (κ1) is 15.9. The lowest BCUT2D eigenvalue weighted by Crippen LogP contribution is -2.38. The van der Waals surface area contributed by atoms with Gasteiger partial charge in [-0.3, -0.25) is 14.7 Å². The van der Waals surface area contributed by atoms with Gasteiger partial charge in [0.25, 0.3) is 0 Å². The van der Waals surface area contributed by atoms with Gasteiger partial charge in [-0.1, -0.05) is 11.8 Å². The Kier molecular flexibility index (Phi) is 5.42. The Morgan fingerprint density at radius 3 is 2.68 bits per heavy atom. The Bertz CT molecular complexity index is 654. The van der Waals surface area contributed by atoms with E-state index in [1.807, 2.05) is 28.8 Å². The third-order valence-corrected chi connectivity index (χ3v) is 3.74. The number of imidazole rings is 1. The molecule has 2 aromatic rings. The van der Waals surface area contributed by atoms with Gasteiger partial charge in [0.05, 0.1) is 12.9 Å². The van der Waals surface area contributed by atoms with Crippen molar-refractivity contribution in [1.29, 1.82) is 0 Å². The van der Waals surface area contributed by atoms with E-state index in [2.05, 4.69) is 15.6 Å². The summed E-state index contributed by atoms with van der Waals surface area (Å²) < 4.78 is 6.98. The molecule has 0 radical (unpaired) electrons. The summed E-state index contributed by atoms with van der Waals surface area (Å²) in [5.74, 6) is 0.484. The monoisotopic (exact) mass is 320 g/mol. The van der Waals surface area contributed by atoms with Crippen molar-refractivity contribution in [2.75, 3.05) is 19.9 Å². The first-order valence-corrected chi connectivity index (χ1v) is 7.44. The van der Waals surface area contributed by atoms with Crippen LogP contribution in [0.15, 0.2) is 41.8 Å². The third-order valence-electron chi connectivity index (χ3n) is 2.77. The largest absolute Gasteiger partial charge is 0.497 e. The van der Waals surface area contributed by atoms with Gasteiger partial charge in [0.15, 0.2) is 5.16 Å². The summed E-state index contributed by atoms with van der Waals surface area (Å²) in [7, 11) is 3.06. The number of benzene rings is 1. The average Bonchev–Trinajstić information content (AvgIpc) is 3.01. The molecular weight excluding hydrogens is 304 g/mol. The number of aromatic nitrogens is 2. The van der Waals surface area contributed by atoms with Crippen molar-refractivity contribution in [2.24, 2.45) is 0 Å². The molecule has 0 unspecified atom stereocenters. The van der Waals surface area contributed by atoms with Gasteiger partial charge in [-0.05, 0) is 24.3 Å².